The molecule has 1 saturated heterocycles. The second kappa shape index (κ2) is 4.54. The van der Waals surface area contributed by atoms with Gasteiger partial charge in [0.25, 0.3) is 0 Å². The van der Waals surface area contributed by atoms with Gasteiger partial charge < -0.3 is 10.5 Å². The van der Waals surface area contributed by atoms with E-state index < -0.39 is 0 Å². The van der Waals surface area contributed by atoms with Crippen LogP contribution in [0.5, 0.6) is 0 Å². The van der Waals surface area contributed by atoms with E-state index in [1.165, 1.54) is 0 Å². The molecular formula is C13H19N5O. The smallest absolute Gasteiger partial charge is 0.164 e. The highest BCUT2D eigenvalue weighted by atomic mass is 16.5. The number of rotatable bonds is 2. The van der Waals surface area contributed by atoms with E-state index in [1.54, 1.807) is 0 Å². The summed E-state index contributed by atoms with van der Waals surface area (Å²) in [6, 6.07) is 1.95. The van der Waals surface area contributed by atoms with Crippen LogP contribution in [0.4, 0.5) is 0 Å². The second-order valence-corrected chi connectivity index (χ2v) is 5.26. The van der Waals surface area contributed by atoms with E-state index >= 15 is 0 Å². The van der Waals surface area contributed by atoms with Gasteiger partial charge in [0.2, 0.25) is 0 Å². The first kappa shape index (κ1) is 12.5. The Hall–Kier alpha value is -1.53. The van der Waals surface area contributed by atoms with Gasteiger partial charge in [-0.3, -0.25) is 4.40 Å². The zero-order valence-electron chi connectivity index (χ0n) is 11.4. The number of ether oxygens (including phenoxy) is 1. The van der Waals surface area contributed by atoms with E-state index in [1.807, 2.05) is 24.3 Å². The van der Waals surface area contributed by atoms with Crippen molar-refractivity contribution in [3.8, 4) is 0 Å². The van der Waals surface area contributed by atoms with Crippen molar-refractivity contribution < 1.29 is 4.74 Å². The topological polar surface area (TPSA) is 78.3 Å². The van der Waals surface area contributed by atoms with Crippen LogP contribution in [0.3, 0.4) is 0 Å². The lowest BCUT2D eigenvalue weighted by Crippen LogP contribution is -2.42. The van der Waals surface area contributed by atoms with E-state index in [9.17, 15) is 0 Å². The van der Waals surface area contributed by atoms with Crippen LogP contribution in [0.15, 0.2) is 6.07 Å². The molecule has 0 spiro atoms. The Kier molecular flexibility index (Phi) is 2.99. The Labute approximate surface area is 112 Å². The Morgan fingerprint density at radius 3 is 2.74 bits per heavy atom. The van der Waals surface area contributed by atoms with Crippen molar-refractivity contribution in [1.29, 1.82) is 0 Å². The highest BCUT2D eigenvalue weighted by Crippen LogP contribution is 2.33. The van der Waals surface area contributed by atoms with E-state index in [0.29, 0.717) is 6.54 Å². The number of hydrogen-bond donors (Lipinski definition) is 1. The van der Waals surface area contributed by atoms with Gasteiger partial charge in [0.05, 0.1) is 0 Å². The minimum absolute atomic E-state index is 0.140. The molecule has 0 unspecified atom stereocenters. The van der Waals surface area contributed by atoms with Gasteiger partial charge in [-0.2, -0.15) is 0 Å². The Morgan fingerprint density at radius 1 is 1.32 bits per heavy atom. The van der Waals surface area contributed by atoms with Gasteiger partial charge in [0, 0.05) is 36.9 Å². The van der Waals surface area contributed by atoms with Crippen LogP contribution < -0.4 is 5.73 Å². The van der Waals surface area contributed by atoms with Crippen LogP contribution in [0.1, 0.15) is 30.2 Å². The summed E-state index contributed by atoms with van der Waals surface area (Å²) in [7, 11) is 0. The summed E-state index contributed by atoms with van der Waals surface area (Å²) < 4.78 is 7.49. The Bertz CT molecular complexity index is 600. The molecule has 6 heteroatoms. The quantitative estimate of drug-likeness (QED) is 0.863. The van der Waals surface area contributed by atoms with Gasteiger partial charge in [0.15, 0.2) is 5.65 Å². The molecule has 1 fully saturated rings. The number of nitrogens with zero attached hydrogens (tertiary/aromatic N) is 4. The maximum absolute atomic E-state index is 6.04. The minimum atomic E-state index is -0.140. The number of aryl methyl sites for hydroxylation is 2. The average Bonchev–Trinajstić information content (AvgIpc) is 2.84. The molecule has 102 valence electrons. The van der Waals surface area contributed by atoms with Crippen molar-refractivity contribution >= 4 is 5.65 Å². The summed E-state index contributed by atoms with van der Waals surface area (Å²) in [5.41, 5.74) is 7.71. The van der Waals surface area contributed by atoms with Crippen molar-refractivity contribution in [2.24, 2.45) is 5.73 Å². The van der Waals surface area contributed by atoms with Crippen molar-refractivity contribution in [1.82, 2.24) is 19.6 Å². The van der Waals surface area contributed by atoms with Crippen LogP contribution in [0, 0.1) is 13.8 Å². The van der Waals surface area contributed by atoms with Crippen molar-refractivity contribution in [3.05, 3.63) is 23.4 Å². The highest BCUT2D eigenvalue weighted by Gasteiger charge is 2.37. The first-order valence-electron chi connectivity index (χ1n) is 6.64. The largest absolute Gasteiger partial charge is 0.381 e. The molecule has 0 bridgehead atoms. The van der Waals surface area contributed by atoms with Crippen LogP contribution in [0.25, 0.3) is 5.65 Å². The van der Waals surface area contributed by atoms with Crippen LogP contribution in [-0.2, 0) is 10.2 Å². The van der Waals surface area contributed by atoms with Gasteiger partial charge >= 0.3 is 0 Å². The summed E-state index contributed by atoms with van der Waals surface area (Å²) in [5.74, 6) is 1.84. The van der Waals surface area contributed by atoms with E-state index in [4.69, 9.17) is 10.5 Å². The molecular weight excluding hydrogens is 242 g/mol. The first-order chi connectivity index (χ1) is 9.16. The average molecular weight is 261 g/mol. The van der Waals surface area contributed by atoms with Gasteiger partial charge in [0.1, 0.15) is 11.6 Å². The van der Waals surface area contributed by atoms with Crippen molar-refractivity contribution in [3.63, 3.8) is 0 Å². The standard InChI is InChI=1S/C13H19N5O/c1-9-7-11-16-17-12(18(11)10(2)15-9)13(8-14)3-5-19-6-4-13/h7H,3-6,8,14H2,1-2H3. The zero-order chi connectivity index (χ0) is 13.5. The fourth-order valence-electron chi connectivity index (χ4n) is 2.86. The molecule has 0 saturated carbocycles. The van der Waals surface area contributed by atoms with Crippen molar-refractivity contribution in [2.75, 3.05) is 19.8 Å². The molecule has 0 amide bonds. The van der Waals surface area contributed by atoms with Crippen molar-refractivity contribution in [2.45, 2.75) is 32.1 Å². The maximum atomic E-state index is 6.04. The molecule has 0 aliphatic carbocycles. The summed E-state index contributed by atoms with van der Waals surface area (Å²) in [6.45, 7) is 5.96. The minimum Gasteiger partial charge on any atom is -0.381 e. The molecule has 0 radical (unpaired) electrons. The normalized spacial score (nSPS) is 18.9. The monoisotopic (exact) mass is 261 g/mol. The number of fused-ring (bicyclic) bond motifs is 1. The summed E-state index contributed by atoms with van der Waals surface area (Å²) in [5, 5.41) is 8.69. The molecule has 6 nitrogen and oxygen atoms in total. The number of hydrogen-bond acceptors (Lipinski definition) is 5. The molecule has 0 atom stereocenters. The predicted molar refractivity (Wildman–Crippen MR) is 71.0 cm³/mol. The van der Waals surface area contributed by atoms with Gasteiger partial charge in [-0.1, -0.05) is 0 Å². The summed E-state index contributed by atoms with van der Waals surface area (Å²) in [4.78, 5) is 4.51. The third-order valence-corrected chi connectivity index (χ3v) is 4.00. The van der Waals surface area contributed by atoms with Crippen LogP contribution >= 0.6 is 0 Å². The highest BCUT2D eigenvalue weighted by molar-refractivity contribution is 5.41. The molecule has 3 rings (SSSR count). The number of aromatic nitrogens is 4. The fourth-order valence-corrected chi connectivity index (χ4v) is 2.86. The molecule has 1 aliphatic heterocycles. The number of nitrogens with two attached hydrogens (primary N) is 1. The predicted octanol–water partition coefficient (Wildman–Crippen LogP) is 0.748. The lowest BCUT2D eigenvalue weighted by atomic mass is 9.79. The zero-order valence-corrected chi connectivity index (χ0v) is 11.4. The SMILES string of the molecule is Cc1cc2nnc(C3(CN)CCOCC3)n2c(C)n1. The van der Waals surface area contributed by atoms with Gasteiger partial charge in [-0.15, -0.1) is 10.2 Å². The Balaban J connectivity index is 2.19. The van der Waals surface area contributed by atoms with E-state index in [0.717, 1.165) is 49.0 Å². The van der Waals surface area contributed by atoms with Gasteiger partial charge in [-0.05, 0) is 26.7 Å². The molecule has 2 aromatic heterocycles. The van der Waals surface area contributed by atoms with E-state index in [2.05, 4.69) is 15.2 Å². The van der Waals surface area contributed by atoms with Gasteiger partial charge in [-0.25, -0.2) is 4.98 Å². The van der Waals surface area contributed by atoms with Crippen LogP contribution in [-0.4, -0.2) is 39.3 Å². The second-order valence-electron chi connectivity index (χ2n) is 5.26. The van der Waals surface area contributed by atoms with E-state index in [-0.39, 0.29) is 5.41 Å². The molecule has 2 aromatic rings. The summed E-state index contributed by atoms with van der Waals surface area (Å²) in [6.07, 6.45) is 1.77. The first-order valence-corrected chi connectivity index (χ1v) is 6.64. The lowest BCUT2D eigenvalue weighted by Gasteiger charge is -2.34. The molecule has 19 heavy (non-hydrogen) atoms. The molecule has 2 N–H and O–H groups in total. The summed E-state index contributed by atoms with van der Waals surface area (Å²) >= 11 is 0. The fraction of sp³-hybridized carbons (Fsp3) is 0.615. The molecule has 1 aliphatic rings. The maximum Gasteiger partial charge on any atom is 0.164 e. The third kappa shape index (κ3) is 1.91. The van der Waals surface area contributed by atoms with Crippen LogP contribution in [0.2, 0.25) is 0 Å². The lowest BCUT2D eigenvalue weighted by molar-refractivity contribution is 0.0495. The Morgan fingerprint density at radius 2 is 2.05 bits per heavy atom. The molecule has 3 heterocycles. The molecule has 0 aromatic carbocycles. The third-order valence-electron chi connectivity index (χ3n) is 4.00.